The van der Waals surface area contributed by atoms with Crippen LogP contribution in [0.1, 0.15) is 40.9 Å². The van der Waals surface area contributed by atoms with Gasteiger partial charge in [-0.3, -0.25) is 4.79 Å². The number of benzene rings is 2. The standard InChI is InChI=1S/C24H34N4O3.HI/c1-5-26-24(27-16-19-8-11-20(12-9-19)23(29)25-4)28-17-21-10-7-18(3)15-22(21)31-14-13-30-6-2;/h7-12,15H,5-6,13-14,16-17H2,1-4H3,(H,25,29)(H2,26,27,28);1H. The average molecular weight is 554 g/mol. The predicted octanol–water partition coefficient (Wildman–Crippen LogP) is 3.64. The second kappa shape index (κ2) is 15.5. The monoisotopic (exact) mass is 554 g/mol. The van der Waals surface area contributed by atoms with Crippen LogP contribution in [0.25, 0.3) is 0 Å². The van der Waals surface area contributed by atoms with Crippen LogP contribution in [-0.4, -0.2) is 45.3 Å². The maximum atomic E-state index is 11.7. The van der Waals surface area contributed by atoms with Crippen molar-refractivity contribution >= 4 is 35.8 Å². The number of amides is 1. The quantitative estimate of drug-likeness (QED) is 0.171. The van der Waals surface area contributed by atoms with E-state index in [9.17, 15) is 4.79 Å². The van der Waals surface area contributed by atoms with Crippen LogP contribution in [0.4, 0.5) is 0 Å². The normalized spacial score (nSPS) is 10.8. The fourth-order valence-corrected chi connectivity index (χ4v) is 2.89. The van der Waals surface area contributed by atoms with Crippen LogP contribution in [-0.2, 0) is 17.8 Å². The average Bonchev–Trinajstić information content (AvgIpc) is 2.79. The molecule has 1 amide bonds. The Morgan fingerprint density at radius 3 is 2.44 bits per heavy atom. The molecule has 0 aliphatic heterocycles. The molecule has 0 aliphatic carbocycles. The van der Waals surface area contributed by atoms with Gasteiger partial charge < -0.3 is 25.4 Å². The van der Waals surface area contributed by atoms with Crippen LogP contribution in [0.3, 0.4) is 0 Å². The first-order valence-electron chi connectivity index (χ1n) is 10.7. The maximum absolute atomic E-state index is 11.7. The lowest BCUT2D eigenvalue weighted by Gasteiger charge is -2.15. The van der Waals surface area contributed by atoms with E-state index < -0.39 is 0 Å². The lowest BCUT2D eigenvalue weighted by Crippen LogP contribution is -2.36. The minimum atomic E-state index is -0.0950. The Labute approximate surface area is 208 Å². The number of hydrogen-bond donors (Lipinski definition) is 3. The third-order valence-electron chi connectivity index (χ3n) is 4.57. The van der Waals surface area contributed by atoms with Crippen molar-refractivity contribution in [2.45, 2.75) is 33.9 Å². The SMILES string of the molecule is CCNC(=NCc1ccc(C(=O)NC)cc1)NCc1ccc(C)cc1OCCOCC.I. The fraction of sp³-hybridized carbons (Fsp3) is 0.417. The van der Waals surface area contributed by atoms with Crippen LogP contribution in [0.15, 0.2) is 47.5 Å². The molecule has 3 N–H and O–H groups in total. The van der Waals surface area contributed by atoms with E-state index in [1.54, 1.807) is 7.05 Å². The Morgan fingerprint density at radius 2 is 1.78 bits per heavy atom. The third kappa shape index (κ3) is 9.44. The van der Waals surface area contributed by atoms with Crippen molar-refractivity contribution < 1.29 is 14.3 Å². The van der Waals surface area contributed by atoms with Crippen molar-refractivity contribution in [1.82, 2.24) is 16.0 Å². The summed E-state index contributed by atoms with van der Waals surface area (Å²) in [5.74, 6) is 1.48. The number of halogens is 1. The van der Waals surface area contributed by atoms with Crippen LogP contribution in [0.2, 0.25) is 0 Å². The van der Waals surface area contributed by atoms with Gasteiger partial charge >= 0.3 is 0 Å². The molecule has 0 aromatic heterocycles. The Balaban J connectivity index is 0.00000512. The lowest BCUT2D eigenvalue weighted by molar-refractivity contribution is 0.0963. The van der Waals surface area contributed by atoms with Crippen LogP contribution in [0, 0.1) is 6.92 Å². The van der Waals surface area contributed by atoms with E-state index in [0.717, 1.165) is 34.9 Å². The molecule has 8 heteroatoms. The van der Waals surface area contributed by atoms with Crippen molar-refractivity contribution in [1.29, 1.82) is 0 Å². The molecule has 32 heavy (non-hydrogen) atoms. The summed E-state index contributed by atoms with van der Waals surface area (Å²) in [7, 11) is 1.62. The molecule has 0 radical (unpaired) electrons. The summed E-state index contributed by atoms with van der Waals surface area (Å²) in [4.78, 5) is 16.3. The molecule has 0 atom stereocenters. The van der Waals surface area contributed by atoms with Crippen molar-refractivity contribution in [3.05, 3.63) is 64.7 Å². The number of rotatable bonds is 11. The van der Waals surface area contributed by atoms with Gasteiger partial charge in [0.25, 0.3) is 5.91 Å². The van der Waals surface area contributed by atoms with E-state index in [4.69, 9.17) is 9.47 Å². The van der Waals surface area contributed by atoms with E-state index in [1.807, 2.05) is 51.1 Å². The van der Waals surface area contributed by atoms with Gasteiger partial charge in [0.05, 0.1) is 13.2 Å². The second-order valence-corrected chi connectivity index (χ2v) is 6.98. The molecule has 0 heterocycles. The number of guanidine groups is 1. The number of carbonyl (C=O) groups is 1. The van der Waals surface area contributed by atoms with Gasteiger partial charge in [-0.25, -0.2) is 4.99 Å². The summed E-state index contributed by atoms with van der Waals surface area (Å²) in [6, 6.07) is 13.6. The van der Waals surface area contributed by atoms with E-state index in [1.165, 1.54) is 0 Å². The van der Waals surface area contributed by atoms with Crippen LogP contribution in [0.5, 0.6) is 5.75 Å². The molecule has 2 aromatic carbocycles. The van der Waals surface area contributed by atoms with Gasteiger partial charge in [0.2, 0.25) is 0 Å². The summed E-state index contributed by atoms with van der Waals surface area (Å²) in [6.45, 7) is 9.68. The minimum absolute atomic E-state index is 0. The molecule has 176 valence electrons. The third-order valence-corrected chi connectivity index (χ3v) is 4.57. The summed E-state index contributed by atoms with van der Waals surface area (Å²) in [5, 5.41) is 9.26. The number of nitrogens with one attached hydrogen (secondary N) is 3. The van der Waals surface area contributed by atoms with Crippen molar-refractivity contribution in [3.8, 4) is 5.75 Å². The number of hydrogen-bond acceptors (Lipinski definition) is 4. The van der Waals surface area contributed by atoms with Crippen molar-refractivity contribution in [2.75, 3.05) is 33.4 Å². The van der Waals surface area contributed by atoms with E-state index in [2.05, 4.69) is 33.1 Å². The molecule has 0 aliphatic rings. The Hall–Kier alpha value is -2.33. The number of nitrogens with zero attached hydrogens (tertiary/aromatic N) is 1. The molecule has 0 fully saturated rings. The molecule has 0 saturated carbocycles. The van der Waals surface area contributed by atoms with Crippen molar-refractivity contribution in [3.63, 3.8) is 0 Å². The highest BCUT2D eigenvalue weighted by Crippen LogP contribution is 2.20. The number of carbonyl (C=O) groups excluding carboxylic acids is 1. The van der Waals surface area contributed by atoms with Gasteiger partial charge in [0.1, 0.15) is 12.4 Å². The Kier molecular flexibility index (Phi) is 13.4. The lowest BCUT2D eigenvalue weighted by atomic mass is 10.1. The summed E-state index contributed by atoms with van der Waals surface area (Å²) < 4.78 is 11.3. The van der Waals surface area contributed by atoms with E-state index in [0.29, 0.717) is 38.5 Å². The molecule has 7 nitrogen and oxygen atoms in total. The first-order chi connectivity index (χ1) is 15.1. The van der Waals surface area contributed by atoms with Gasteiger partial charge in [-0.1, -0.05) is 24.3 Å². The second-order valence-electron chi connectivity index (χ2n) is 6.98. The highest BCUT2D eigenvalue weighted by molar-refractivity contribution is 14.0. The highest BCUT2D eigenvalue weighted by Gasteiger charge is 2.07. The van der Waals surface area contributed by atoms with E-state index in [-0.39, 0.29) is 29.9 Å². The molecule has 0 unspecified atom stereocenters. The summed E-state index contributed by atoms with van der Waals surface area (Å²) >= 11 is 0. The molecular weight excluding hydrogens is 519 g/mol. The zero-order chi connectivity index (χ0) is 22.5. The molecule has 0 saturated heterocycles. The zero-order valence-electron chi connectivity index (χ0n) is 19.4. The molecule has 0 bridgehead atoms. The molecule has 2 aromatic rings. The minimum Gasteiger partial charge on any atom is -0.491 e. The largest absolute Gasteiger partial charge is 0.491 e. The van der Waals surface area contributed by atoms with E-state index >= 15 is 0 Å². The van der Waals surface area contributed by atoms with Gasteiger partial charge in [-0.05, 0) is 50.1 Å². The zero-order valence-corrected chi connectivity index (χ0v) is 21.7. The number of aryl methyl sites for hydroxylation is 1. The number of ether oxygens (including phenoxy) is 2. The Morgan fingerprint density at radius 1 is 1.03 bits per heavy atom. The summed E-state index contributed by atoms with van der Waals surface area (Å²) in [5.41, 5.74) is 3.87. The van der Waals surface area contributed by atoms with Gasteiger partial charge in [0, 0.05) is 37.9 Å². The van der Waals surface area contributed by atoms with Gasteiger partial charge in [-0.2, -0.15) is 0 Å². The molecule has 0 spiro atoms. The van der Waals surface area contributed by atoms with Crippen LogP contribution < -0.4 is 20.7 Å². The first-order valence-corrected chi connectivity index (χ1v) is 10.7. The van der Waals surface area contributed by atoms with Crippen molar-refractivity contribution in [2.24, 2.45) is 4.99 Å². The van der Waals surface area contributed by atoms with Gasteiger partial charge in [0.15, 0.2) is 5.96 Å². The predicted molar refractivity (Wildman–Crippen MR) is 140 cm³/mol. The highest BCUT2D eigenvalue weighted by atomic mass is 127. The Bertz CT molecular complexity index is 857. The number of aliphatic imine (C=N–C) groups is 1. The molecular formula is C24H35IN4O3. The smallest absolute Gasteiger partial charge is 0.251 e. The molecule has 2 rings (SSSR count). The summed E-state index contributed by atoms with van der Waals surface area (Å²) in [6.07, 6.45) is 0. The maximum Gasteiger partial charge on any atom is 0.251 e. The van der Waals surface area contributed by atoms with Gasteiger partial charge in [-0.15, -0.1) is 24.0 Å². The fourth-order valence-electron chi connectivity index (χ4n) is 2.89. The van der Waals surface area contributed by atoms with Crippen LogP contribution >= 0.6 is 24.0 Å². The topological polar surface area (TPSA) is 84.0 Å². The first kappa shape index (κ1) is 27.7.